The molecule has 2 heterocycles. The molecule has 0 atom stereocenters. The van der Waals surface area contributed by atoms with Crippen LogP contribution in [0.2, 0.25) is 0 Å². The first-order chi connectivity index (χ1) is 11.3. The molecule has 5 nitrogen and oxygen atoms in total. The van der Waals surface area contributed by atoms with E-state index in [1.165, 1.54) is 6.07 Å². The van der Waals surface area contributed by atoms with Crippen molar-refractivity contribution in [2.24, 2.45) is 0 Å². The van der Waals surface area contributed by atoms with Crippen LogP contribution in [0.4, 0.5) is 13.2 Å². The van der Waals surface area contributed by atoms with Gasteiger partial charge in [-0.2, -0.15) is 18.2 Å². The molecule has 0 amide bonds. The van der Waals surface area contributed by atoms with Crippen molar-refractivity contribution >= 4 is 22.7 Å². The van der Waals surface area contributed by atoms with E-state index in [-0.39, 0.29) is 22.2 Å². The lowest BCUT2D eigenvalue weighted by Crippen LogP contribution is -2.11. The molecular formula is C15H13F3N4OS. The fraction of sp³-hybridized carbons (Fsp3) is 0.333. The van der Waals surface area contributed by atoms with Crippen LogP contribution < -0.4 is 0 Å². The molecule has 3 rings (SSSR count). The third kappa shape index (κ3) is 3.50. The predicted molar refractivity (Wildman–Crippen MR) is 82.5 cm³/mol. The molecule has 9 heteroatoms. The van der Waals surface area contributed by atoms with Crippen molar-refractivity contribution in [3.05, 3.63) is 41.8 Å². The Morgan fingerprint density at radius 2 is 1.88 bits per heavy atom. The third-order valence-electron chi connectivity index (χ3n) is 3.15. The van der Waals surface area contributed by atoms with Crippen molar-refractivity contribution < 1.29 is 17.7 Å². The van der Waals surface area contributed by atoms with E-state index in [9.17, 15) is 13.2 Å². The number of halogens is 3. The Morgan fingerprint density at radius 3 is 2.54 bits per heavy atom. The summed E-state index contributed by atoms with van der Waals surface area (Å²) >= 11 is 1.11. The highest BCUT2D eigenvalue weighted by molar-refractivity contribution is 7.98. The minimum Gasteiger partial charge on any atom is -0.338 e. The molecule has 1 aromatic carbocycles. The zero-order valence-corrected chi connectivity index (χ0v) is 13.6. The third-order valence-corrected chi connectivity index (χ3v) is 4.13. The van der Waals surface area contributed by atoms with Crippen molar-refractivity contribution in [3.63, 3.8) is 0 Å². The van der Waals surface area contributed by atoms with Gasteiger partial charge in [0.15, 0.2) is 5.82 Å². The normalized spacial score (nSPS) is 12.2. The van der Waals surface area contributed by atoms with Crippen molar-refractivity contribution in [1.82, 2.24) is 20.1 Å². The van der Waals surface area contributed by atoms with Gasteiger partial charge >= 0.3 is 6.18 Å². The summed E-state index contributed by atoms with van der Waals surface area (Å²) in [6, 6.07) is 6.58. The van der Waals surface area contributed by atoms with Crippen molar-refractivity contribution in [2.45, 2.75) is 36.7 Å². The molecule has 0 aliphatic heterocycles. The van der Waals surface area contributed by atoms with Crippen molar-refractivity contribution in [1.29, 1.82) is 0 Å². The topological polar surface area (TPSA) is 64.7 Å². The summed E-state index contributed by atoms with van der Waals surface area (Å²) in [4.78, 5) is 11.5. The quantitative estimate of drug-likeness (QED) is 0.509. The summed E-state index contributed by atoms with van der Waals surface area (Å²) < 4.78 is 44.0. The summed E-state index contributed by atoms with van der Waals surface area (Å²) in [5, 5.41) is 4.62. The summed E-state index contributed by atoms with van der Waals surface area (Å²) in [7, 11) is 0. The van der Waals surface area contributed by atoms with Gasteiger partial charge in [0.05, 0.1) is 11.3 Å². The van der Waals surface area contributed by atoms with Gasteiger partial charge in [-0.1, -0.05) is 49.0 Å². The number of aromatic nitrogens is 4. The molecule has 0 fully saturated rings. The van der Waals surface area contributed by atoms with Gasteiger partial charge in [-0.3, -0.25) is 0 Å². The first kappa shape index (κ1) is 16.7. The van der Waals surface area contributed by atoms with Crippen LogP contribution in [-0.2, 0) is 11.9 Å². The van der Waals surface area contributed by atoms with Crippen molar-refractivity contribution in [3.8, 4) is 0 Å². The lowest BCUT2D eigenvalue weighted by atomic mass is 10.2. The Kier molecular flexibility index (Phi) is 4.44. The van der Waals surface area contributed by atoms with Crippen LogP contribution in [0.5, 0.6) is 0 Å². The van der Waals surface area contributed by atoms with Gasteiger partial charge in [0.25, 0.3) is 0 Å². The van der Waals surface area contributed by atoms with Crippen molar-refractivity contribution in [2.75, 3.05) is 0 Å². The molecule has 0 aliphatic carbocycles. The van der Waals surface area contributed by atoms with E-state index >= 15 is 0 Å². The number of fused-ring (bicyclic) bond motifs is 1. The monoisotopic (exact) mass is 354 g/mol. The number of hydrogen-bond donors (Lipinski definition) is 0. The van der Waals surface area contributed by atoms with Gasteiger partial charge in [0.2, 0.25) is 11.7 Å². The second-order valence-electron chi connectivity index (χ2n) is 5.36. The predicted octanol–water partition coefficient (Wildman–Crippen LogP) is 4.45. The second kappa shape index (κ2) is 6.39. The van der Waals surface area contributed by atoms with E-state index in [1.807, 2.05) is 13.8 Å². The number of thioether (sulfide) groups is 1. The van der Waals surface area contributed by atoms with Gasteiger partial charge in [-0.15, -0.1) is 0 Å². The number of hydrogen-bond acceptors (Lipinski definition) is 6. The van der Waals surface area contributed by atoms with Gasteiger partial charge in [0.1, 0.15) is 5.03 Å². The largest absolute Gasteiger partial charge is 0.451 e. The SMILES string of the molecule is CC(C)c1noc(CSc2nc(C(F)(F)F)nc3ccccc23)n1. The standard InChI is InChI=1S/C15H13F3N4OS/c1-8(2)12-20-11(23-22-12)7-24-13-9-5-3-4-6-10(9)19-14(21-13)15(16,17)18/h3-6,8H,7H2,1-2H3. The molecular weight excluding hydrogens is 341 g/mol. The smallest absolute Gasteiger partial charge is 0.338 e. The minimum absolute atomic E-state index is 0.115. The van der Waals surface area contributed by atoms with E-state index in [2.05, 4.69) is 20.1 Å². The summed E-state index contributed by atoms with van der Waals surface area (Å²) in [5.74, 6) is 0.105. The molecule has 0 bridgehead atoms. The average molecular weight is 354 g/mol. The van der Waals surface area contributed by atoms with Gasteiger partial charge < -0.3 is 4.52 Å². The second-order valence-corrected chi connectivity index (χ2v) is 6.32. The Morgan fingerprint density at radius 1 is 1.12 bits per heavy atom. The Balaban J connectivity index is 1.92. The fourth-order valence-corrected chi connectivity index (χ4v) is 2.83. The minimum atomic E-state index is -4.60. The lowest BCUT2D eigenvalue weighted by Gasteiger charge is -2.09. The molecule has 24 heavy (non-hydrogen) atoms. The zero-order chi connectivity index (χ0) is 17.3. The maximum atomic E-state index is 13.0. The average Bonchev–Trinajstić information content (AvgIpc) is 3.00. The Hall–Kier alpha value is -2.16. The number of para-hydroxylation sites is 1. The molecule has 0 unspecified atom stereocenters. The van der Waals surface area contributed by atoms with E-state index in [1.54, 1.807) is 18.2 Å². The molecule has 0 saturated heterocycles. The highest BCUT2D eigenvalue weighted by Gasteiger charge is 2.35. The van der Waals surface area contributed by atoms with E-state index < -0.39 is 12.0 Å². The van der Waals surface area contributed by atoms with Crippen LogP contribution in [0.25, 0.3) is 10.9 Å². The van der Waals surface area contributed by atoms with Crippen LogP contribution >= 0.6 is 11.8 Å². The highest BCUT2D eigenvalue weighted by atomic mass is 32.2. The zero-order valence-electron chi connectivity index (χ0n) is 12.8. The Bertz CT molecular complexity index is 863. The summed E-state index contributed by atoms with van der Waals surface area (Å²) in [6.07, 6.45) is -4.60. The number of alkyl halides is 3. The molecule has 0 N–H and O–H groups in total. The maximum Gasteiger partial charge on any atom is 0.451 e. The number of rotatable bonds is 4. The van der Waals surface area contributed by atoms with Crippen LogP contribution in [0.1, 0.15) is 37.3 Å². The van der Waals surface area contributed by atoms with Gasteiger partial charge in [-0.05, 0) is 6.07 Å². The molecule has 0 aliphatic rings. The fourth-order valence-electron chi connectivity index (χ4n) is 1.98. The van der Waals surface area contributed by atoms with Crippen LogP contribution in [-0.4, -0.2) is 20.1 Å². The maximum absolute atomic E-state index is 13.0. The van der Waals surface area contributed by atoms with Crippen LogP contribution in [0, 0.1) is 0 Å². The van der Waals surface area contributed by atoms with Crippen LogP contribution in [0.15, 0.2) is 33.8 Å². The summed E-state index contributed by atoms with van der Waals surface area (Å²) in [6.45, 7) is 3.85. The first-order valence-corrected chi connectivity index (χ1v) is 8.12. The highest BCUT2D eigenvalue weighted by Crippen LogP contribution is 2.33. The molecule has 126 valence electrons. The molecule has 3 aromatic rings. The van der Waals surface area contributed by atoms with E-state index in [4.69, 9.17) is 4.52 Å². The molecule has 2 aromatic heterocycles. The molecule has 0 spiro atoms. The molecule has 0 radical (unpaired) electrons. The Labute approximate surface area is 139 Å². The number of benzene rings is 1. The van der Waals surface area contributed by atoms with Gasteiger partial charge in [0, 0.05) is 11.3 Å². The molecule has 0 saturated carbocycles. The summed E-state index contributed by atoms with van der Waals surface area (Å²) in [5.41, 5.74) is 0.246. The van der Waals surface area contributed by atoms with E-state index in [0.29, 0.717) is 17.1 Å². The number of nitrogens with zero attached hydrogens (tertiary/aromatic N) is 4. The van der Waals surface area contributed by atoms with Gasteiger partial charge in [-0.25, -0.2) is 9.97 Å². The van der Waals surface area contributed by atoms with Crippen LogP contribution in [0.3, 0.4) is 0 Å². The van der Waals surface area contributed by atoms with E-state index in [0.717, 1.165) is 11.8 Å². The lowest BCUT2D eigenvalue weighted by molar-refractivity contribution is -0.145. The first-order valence-electron chi connectivity index (χ1n) is 7.14.